The second kappa shape index (κ2) is 17.8. The lowest BCUT2D eigenvalue weighted by molar-refractivity contribution is 0.461. The van der Waals surface area contributed by atoms with E-state index in [0.717, 1.165) is 39.3 Å². The molecule has 9 aromatic rings. The van der Waals surface area contributed by atoms with Crippen molar-refractivity contribution in [2.45, 2.75) is 50.6 Å². The fourth-order valence-electron chi connectivity index (χ4n) is 9.79. The Bertz CT molecular complexity index is 2750. The van der Waals surface area contributed by atoms with Crippen molar-refractivity contribution in [1.82, 2.24) is 19.8 Å². The van der Waals surface area contributed by atoms with Gasteiger partial charge >= 0.3 is 0 Å². The normalized spacial score (nSPS) is 15.0. The van der Waals surface area contributed by atoms with Gasteiger partial charge in [0, 0.05) is 47.3 Å². The van der Waals surface area contributed by atoms with Crippen LogP contribution in [-0.4, -0.2) is 35.3 Å². The Labute approximate surface area is 354 Å². The molecule has 6 heteroatoms. The summed E-state index contributed by atoms with van der Waals surface area (Å²) in [6, 6.07) is 53.1. The SMILES string of the molecule is Cl.Cl.c1ccc2c(Cn3cc(C4CCNCC4)c4ccccc43)c3ccccc3cc2c1.c1ccc2c(Cn3cc(C4CCNCC4)c4ccccc43)cccc2c1. The predicted molar refractivity (Wildman–Crippen MR) is 252 cm³/mol. The summed E-state index contributed by atoms with van der Waals surface area (Å²) in [5.74, 6) is 1.33. The van der Waals surface area contributed by atoms with E-state index in [4.69, 9.17) is 0 Å². The van der Waals surface area contributed by atoms with Gasteiger partial charge in [0.2, 0.25) is 0 Å². The molecule has 0 radical (unpaired) electrons. The zero-order valence-electron chi connectivity index (χ0n) is 32.9. The predicted octanol–water partition coefficient (Wildman–Crippen LogP) is 12.6. The molecule has 58 heavy (non-hydrogen) atoms. The van der Waals surface area contributed by atoms with Crippen LogP contribution in [0.15, 0.2) is 158 Å². The molecule has 2 aliphatic heterocycles. The van der Waals surface area contributed by atoms with E-state index in [1.54, 1.807) is 0 Å². The van der Waals surface area contributed by atoms with Crippen molar-refractivity contribution in [3.63, 3.8) is 0 Å². The molecule has 0 saturated carbocycles. The summed E-state index contributed by atoms with van der Waals surface area (Å²) in [6.45, 7) is 6.33. The Balaban J connectivity index is 0.000000158. The minimum Gasteiger partial charge on any atom is -0.343 e. The quantitative estimate of drug-likeness (QED) is 0.164. The minimum atomic E-state index is 0. The minimum absolute atomic E-state index is 0. The highest BCUT2D eigenvalue weighted by Crippen LogP contribution is 2.36. The first-order valence-corrected chi connectivity index (χ1v) is 20.7. The van der Waals surface area contributed by atoms with Crippen LogP contribution in [0.2, 0.25) is 0 Å². The summed E-state index contributed by atoms with van der Waals surface area (Å²) in [7, 11) is 0. The molecule has 11 rings (SSSR count). The van der Waals surface area contributed by atoms with Gasteiger partial charge in [-0.25, -0.2) is 0 Å². The Morgan fingerprint density at radius 3 is 1.36 bits per heavy atom. The molecule has 2 saturated heterocycles. The van der Waals surface area contributed by atoms with Crippen molar-refractivity contribution < 1.29 is 0 Å². The van der Waals surface area contributed by atoms with E-state index in [1.165, 1.54) is 102 Å². The first-order valence-electron chi connectivity index (χ1n) is 20.7. The summed E-state index contributed by atoms with van der Waals surface area (Å²) in [5.41, 5.74) is 8.57. The van der Waals surface area contributed by atoms with Gasteiger partial charge < -0.3 is 19.8 Å². The Morgan fingerprint density at radius 1 is 0.414 bits per heavy atom. The van der Waals surface area contributed by atoms with Crippen LogP contribution < -0.4 is 10.6 Å². The summed E-state index contributed by atoms with van der Waals surface area (Å²) in [4.78, 5) is 0. The van der Waals surface area contributed by atoms with E-state index >= 15 is 0 Å². The maximum atomic E-state index is 3.51. The van der Waals surface area contributed by atoms with Crippen molar-refractivity contribution in [3.05, 3.63) is 180 Å². The summed E-state index contributed by atoms with van der Waals surface area (Å²) >= 11 is 0. The Kier molecular flexibility index (Phi) is 12.2. The van der Waals surface area contributed by atoms with Gasteiger partial charge in [-0.15, -0.1) is 24.8 Å². The van der Waals surface area contributed by atoms with Crippen molar-refractivity contribution in [3.8, 4) is 0 Å². The second-order valence-electron chi connectivity index (χ2n) is 15.9. The van der Waals surface area contributed by atoms with Gasteiger partial charge in [0.1, 0.15) is 0 Å². The highest BCUT2D eigenvalue weighted by molar-refractivity contribution is 6.02. The number of nitrogens with one attached hydrogen (secondary N) is 2. The number of piperidine rings is 2. The average molecular weight is 804 g/mol. The van der Waals surface area contributed by atoms with E-state index < -0.39 is 0 Å². The number of fused-ring (bicyclic) bond motifs is 5. The lowest BCUT2D eigenvalue weighted by atomic mass is 9.90. The molecule has 2 aromatic heterocycles. The summed E-state index contributed by atoms with van der Waals surface area (Å²) < 4.78 is 4.94. The van der Waals surface area contributed by atoms with Crippen molar-refractivity contribution in [1.29, 1.82) is 0 Å². The van der Waals surface area contributed by atoms with Gasteiger partial charge in [-0.3, -0.25) is 0 Å². The monoisotopic (exact) mass is 802 g/mol. The molecule has 2 aliphatic rings. The van der Waals surface area contributed by atoms with Crippen LogP contribution in [0.25, 0.3) is 54.1 Å². The summed E-state index contributed by atoms with van der Waals surface area (Å²) in [6.07, 6.45) is 9.79. The van der Waals surface area contributed by atoms with Crippen LogP contribution in [0, 0.1) is 0 Å². The van der Waals surface area contributed by atoms with Gasteiger partial charge in [-0.2, -0.15) is 0 Å². The zero-order valence-corrected chi connectivity index (χ0v) is 34.6. The second-order valence-corrected chi connectivity index (χ2v) is 15.9. The van der Waals surface area contributed by atoms with E-state index in [9.17, 15) is 0 Å². The highest BCUT2D eigenvalue weighted by atomic mass is 35.5. The Hall–Kier alpha value is -5.10. The number of para-hydroxylation sites is 2. The topological polar surface area (TPSA) is 33.9 Å². The van der Waals surface area contributed by atoms with Crippen LogP contribution in [0.3, 0.4) is 0 Å². The number of hydrogen-bond donors (Lipinski definition) is 2. The van der Waals surface area contributed by atoms with E-state index in [2.05, 4.69) is 178 Å². The first kappa shape index (κ1) is 39.7. The lowest BCUT2D eigenvalue weighted by Crippen LogP contribution is -2.26. The van der Waals surface area contributed by atoms with Crippen LogP contribution in [0.4, 0.5) is 0 Å². The van der Waals surface area contributed by atoms with Crippen LogP contribution in [-0.2, 0) is 13.1 Å². The molecule has 2 N–H and O–H groups in total. The van der Waals surface area contributed by atoms with Crippen LogP contribution in [0.1, 0.15) is 59.8 Å². The highest BCUT2D eigenvalue weighted by Gasteiger charge is 2.22. The van der Waals surface area contributed by atoms with E-state index in [1.807, 2.05) is 0 Å². The first-order chi connectivity index (χ1) is 27.8. The number of nitrogens with zero attached hydrogens (tertiary/aromatic N) is 2. The fourth-order valence-corrected chi connectivity index (χ4v) is 9.79. The molecule has 0 unspecified atom stereocenters. The number of aromatic nitrogens is 2. The molecular formula is C52H52Cl2N4. The Morgan fingerprint density at radius 2 is 0.828 bits per heavy atom. The number of hydrogen-bond acceptors (Lipinski definition) is 2. The number of rotatable bonds is 6. The van der Waals surface area contributed by atoms with Crippen LogP contribution >= 0.6 is 24.8 Å². The molecule has 4 heterocycles. The number of halogens is 2. The molecule has 0 spiro atoms. The third kappa shape index (κ3) is 7.75. The molecule has 0 amide bonds. The van der Waals surface area contributed by atoms with Crippen molar-refractivity contribution >= 4 is 78.9 Å². The third-order valence-electron chi connectivity index (χ3n) is 12.6. The maximum Gasteiger partial charge on any atom is 0.0488 e. The molecule has 2 fully saturated rings. The van der Waals surface area contributed by atoms with Gasteiger partial charge in [0.15, 0.2) is 0 Å². The molecule has 0 atom stereocenters. The summed E-state index contributed by atoms with van der Waals surface area (Å²) in [5, 5.41) is 17.9. The molecular weight excluding hydrogens is 752 g/mol. The van der Waals surface area contributed by atoms with E-state index in [0.29, 0.717) is 11.8 Å². The molecule has 294 valence electrons. The standard InChI is InChI=1S/C28H26N2.C24H24N2.2ClH/c1-3-9-23-21(7-1)17-22-8-2-4-10-24(22)27(23)19-30-18-26(20-13-15-29-16-14-20)25-11-5-6-12-28(25)30;1-2-9-21-18(6-1)7-5-8-20(21)16-26-17-23(19-12-14-25-15-13-19)22-10-3-4-11-24(22)26;;/h1-12,17-18,20,29H,13-16,19H2;1-11,17,19,25H,12-16H2;2*1H. The average Bonchev–Trinajstić information content (AvgIpc) is 3.83. The van der Waals surface area contributed by atoms with Gasteiger partial charge in [0.05, 0.1) is 0 Å². The smallest absolute Gasteiger partial charge is 0.0488 e. The van der Waals surface area contributed by atoms with Gasteiger partial charge in [-0.1, -0.05) is 127 Å². The zero-order chi connectivity index (χ0) is 37.3. The largest absolute Gasteiger partial charge is 0.343 e. The van der Waals surface area contributed by atoms with Crippen molar-refractivity contribution in [2.24, 2.45) is 0 Å². The fraction of sp³-hybridized carbons (Fsp3) is 0.231. The molecule has 4 nitrogen and oxygen atoms in total. The van der Waals surface area contributed by atoms with Gasteiger partial charge in [0.25, 0.3) is 0 Å². The lowest BCUT2D eigenvalue weighted by Gasteiger charge is -2.22. The van der Waals surface area contributed by atoms with Crippen molar-refractivity contribution in [2.75, 3.05) is 26.2 Å². The third-order valence-corrected chi connectivity index (χ3v) is 12.6. The van der Waals surface area contributed by atoms with Gasteiger partial charge in [-0.05, 0) is 136 Å². The molecule has 0 bridgehead atoms. The van der Waals surface area contributed by atoms with E-state index in [-0.39, 0.29) is 24.8 Å². The molecule has 7 aromatic carbocycles. The maximum absolute atomic E-state index is 3.51. The molecule has 0 aliphatic carbocycles. The number of benzene rings is 7. The van der Waals surface area contributed by atoms with Crippen LogP contribution in [0.5, 0.6) is 0 Å².